The number of benzene rings is 1. The highest BCUT2D eigenvalue weighted by molar-refractivity contribution is 5.77. The first-order chi connectivity index (χ1) is 9.89. The minimum absolute atomic E-state index is 0.0395. The van der Waals surface area contributed by atoms with E-state index in [0.29, 0.717) is 19.6 Å². The molecule has 5 heteroatoms. The third-order valence-electron chi connectivity index (χ3n) is 3.03. The van der Waals surface area contributed by atoms with Crippen molar-refractivity contribution in [3.8, 4) is 0 Å². The molecule has 5 nitrogen and oxygen atoms in total. The average molecular weight is 293 g/mol. The van der Waals surface area contributed by atoms with Gasteiger partial charge < -0.3 is 15.2 Å². The van der Waals surface area contributed by atoms with Gasteiger partial charge in [-0.1, -0.05) is 30.3 Å². The number of carbonyl (C=O) groups excluding carboxylic acids is 1. The van der Waals surface area contributed by atoms with Crippen molar-refractivity contribution in [1.29, 1.82) is 0 Å². The van der Waals surface area contributed by atoms with Crippen LogP contribution in [-0.4, -0.2) is 29.1 Å². The summed E-state index contributed by atoms with van der Waals surface area (Å²) >= 11 is 0. The molecule has 2 N–H and O–H groups in total. The first-order valence-corrected chi connectivity index (χ1v) is 7.03. The Balaban J connectivity index is 2.20. The molecule has 1 amide bonds. The third kappa shape index (κ3) is 8.09. The molecule has 0 unspecified atom stereocenters. The minimum Gasteiger partial charge on any atom is -0.481 e. The fraction of sp³-hybridized carbons (Fsp3) is 0.500. The number of carboxylic acid groups (broad SMARTS) is 1. The van der Waals surface area contributed by atoms with Crippen molar-refractivity contribution in [1.82, 2.24) is 5.32 Å². The van der Waals surface area contributed by atoms with E-state index in [9.17, 15) is 9.59 Å². The molecule has 0 aliphatic rings. The molecule has 1 rings (SSSR count). The van der Waals surface area contributed by atoms with Gasteiger partial charge in [0.2, 0.25) is 5.91 Å². The predicted molar refractivity (Wildman–Crippen MR) is 79.8 cm³/mol. The molecule has 116 valence electrons. The molecule has 0 fully saturated rings. The maximum Gasteiger partial charge on any atom is 0.303 e. The Morgan fingerprint density at radius 3 is 2.48 bits per heavy atom. The lowest BCUT2D eigenvalue weighted by Crippen LogP contribution is -2.44. The molecular formula is C16H23NO4. The van der Waals surface area contributed by atoms with E-state index in [1.54, 1.807) is 0 Å². The lowest BCUT2D eigenvalue weighted by molar-refractivity contribution is -0.138. The lowest BCUT2D eigenvalue weighted by atomic mass is 9.98. The maximum absolute atomic E-state index is 11.8. The SMILES string of the molecule is CC(C)(CCC(=O)O)NC(=O)CCOCc1ccccc1. The second kappa shape index (κ2) is 8.42. The van der Waals surface area contributed by atoms with Crippen LogP contribution in [0.4, 0.5) is 0 Å². The summed E-state index contributed by atoms with van der Waals surface area (Å²) in [5.74, 6) is -0.984. The zero-order valence-electron chi connectivity index (χ0n) is 12.6. The summed E-state index contributed by atoms with van der Waals surface area (Å²) in [6.07, 6.45) is 0.708. The number of ether oxygens (including phenoxy) is 1. The van der Waals surface area contributed by atoms with Gasteiger partial charge in [0.25, 0.3) is 0 Å². The van der Waals surface area contributed by atoms with E-state index in [2.05, 4.69) is 5.32 Å². The van der Waals surface area contributed by atoms with Crippen LogP contribution in [-0.2, 0) is 20.9 Å². The molecule has 0 spiro atoms. The van der Waals surface area contributed by atoms with E-state index in [1.807, 2.05) is 44.2 Å². The van der Waals surface area contributed by atoms with Crippen LogP contribution >= 0.6 is 0 Å². The van der Waals surface area contributed by atoms with E-state index >= 15 is 0 Å². The summed E-state index contributed by atoms with van der Waals surface area (Å²) in [5, 5.41) is 11.5. The standard InChI is InChI=1S/C16H23NO4/c1-16(2,10-8-15(19)20)17-14(18)9-11-21-12-13-6-4-3-5-7-13/h3-7H,8-12H2,1-2H3,(H,17,18)(H,19,20). The number of amides is 1. The van der Waals surface area contributed by atoms with Crippen LogP contribution in [0.25, 0.3) is 0 Å². The molecule has 0 atom stereocenters. The van der Waals surface area contributed by atoms with Crippen LogP contribution in [0.15, 0.2) is 30.3 Å². The van der Waals surface area contributed by atoms with Crippen LogP contribution in [0.2, 0.25) is 0 Å². The Bertz CT molecular complexity index is 457. The van der Waals surface area contributed by atoms with E-state index in [4.69, 9.17) is 9.84 Å². The quantitative estimate of drug-likeness (QED) is 0.685. The van der Waals surface area contributed by atoms with Gasteiger partial charge in [-0.05, 0) is 25.8 Å². The number of aliphatic carboxylic acids is 1. The van der Waals surface area contributed by atoms with Gasteiger partial charge >= 0.3 is 5.97 Å². The summed E-state index contributed by atoms with van der Waals surface area (Å²) in [6, 6.07) is 9.76. The van der Waals surface area contributed by atoms with E-state index in [0.717, 1.165) is 5.56 Å². The van der Waals surface area contributed by atoms with Gasteiger partial charge in [-0.3, -0.25) is 9.59 Å². The highest BCUT2D eigenvalue weighted by atomic mass is 16.5. The van der Waals surface area contributed by atoms with E-state index < -0.39 is 11.5 Å². The van der Waals surface area contributed by atoms with Crippen molar-refractivity contribution in [3.63, 3.8) is 0 Å². The Hall–Kier alpha value is -1.88. The molecule has 0 saturated carbocycles. The molecule has 21 heavy (non-hydrogen) atoms. The maximum atomic E-state index is 11.8. The largest absolute Gasteiger partial charge is 0.481 e. The van der Waals surface area contributed by atoms with E-state index in [1.165, 1.54) is 0 Å². The van der Waals surface area contributed by atoms with Crippen LogP contribution in [0.5, 0.6) is 0 Å². The van der Waals surface area contributed by atoms with Gasteiger partial charge in [0, 0.05) is 18.4 Å². The van der Waals surface area contributed by atoms with Gasteiger partial charge in [0.05, 0.1) is 13.2 Å². The number of carboxylic acids is 1. The van der Waals surface area contributed by atoms with Crippen LogP contribution in [0.3, 0.4) is 0 Å². The number of nitrogens with one attached hydrogen (secondary N) is 1. The topological polar surface area (TPSA) is 75.6 Å². The van der Waals surface area contributed by atoms with Crippen LogP contribution < -0.4 is 5.32 Å². The van der Waals surface area contributed by atoms with Gasteiger partial charge in [-0.25, -0.2) is 0 Å². The van der Waals surface area contributed by atoms with Crippen molar-refractivity contribution in [2.45, 2.75) is 45.3 Å². The predicted octanol–water partition coefficient (Wildman–Crippen LogP) is 2.35. The van der Waals surface area contributed by atoms with Crippen molar-refractivity contribution in [2.24, 2.45) is 0 Å². The molecule has 0 aliphatic heterocycles. The number of rotatable bonds is 9. The smallest absolute Gasteiger partial charge is 0.303 e. The summed E-state index contributed by atoms with van der Waals surface area (Å²) in [5.41, 5.74) is 0.550. The second-order valence-electron chi connectivity index (χ2n) is 5.61. The number of carbonyl (C=O) groups is 2. The molecular weight excluding hydrogens is 270 g/mol. The molecule has 0 radical (unpaired) electrons. The second-order valence-corrected chi connectivity index (χ2v) is 5.61. The van der Waals surface area contributed by atoms with Crippen LogP contribution in [0.1, 0.15) is 38.7 Å². The Morgan fingerprint density at radius 1 is 1.19 bits per heavy atom. The molecule has 0 saturated heterocycles. The molecule has 0 heterocycles. The molecule has 0 bridgehead atoms. The zero-order valence-corrected chi connectivity index (χ0v) is 12.6. The van der Waals surface area contributed by atoms with Gasteiger partial charge in [-0.2, -0.15) is 0 Å². The Morgan fingerprint density at radius 2 is 1.86 bits per heavy atom. The minimum atomic E-state index is -0.858. The number of hydrogen-bond acceptors (Lipinski definition) is 3. The summed E-state index contributed by atoms with van der Waals surface area (Å²) in [6.45, 7) is 4.46. The summed E-state index contributed by atoms with van der Waals surface area (Å²) < 4.78 is 5.45. The van der Waals surface area contributed by atoms with Crippen molar-refractivity contribution in [2.75, 3.05) is 6.61 Å². The van der Waals surface area contributed by atoms with Gasteiger partial charge in [0.15, 0.2) is 0 Å². The van der Waals surface area contributed by atoms with Gasteiger partial charge in [0.1, 0.15) is 0 Å². The Labute approximate surface area is 125 Å². The normalized spacial score (nSPS) is 11.1. The highest BCUT2D eigenvalue weighted by Gasteiger charge is 2.21. The van der Waals surface area contributed by atoms with Crippen LogP contribution in [0, 0.1) is 0 Å². The fourth-order valence-electron chi connectivity index (χ4n) is 1.85. The highest BCUT2D eigenvalue weighted by Crippen LogP contribution is 2.11. The third-order valence-corrected chi connectivity index (χ3v) is 3.03. The lowest BCUT2D eigenvalue weighted by Gasteiger charge is -2.25. The van der Waals surface area contributed by atoms with Crippen molar-refractivity contribution < 1.29 is 19.4 Å². The number of hydrogen-bond donors (Lipinski definition) is 2. The first-order valence-electron chi connectivity index (χ1n) is 7.03. The summed E-state index contributed by atoms with van der Waals surface area (Å²) in [4.78, 5) is 22.3. The molecule has 0 aromatic heterocycles. The Kier molecular flexibility index (Phi) is 6.88. The van der Waals surface area contributed by atoms with Gasteiger partial charge in [-0.15, -0.1) is 0 Å². The molecule has 0 aliphatic carbocycles. The van der Waals surface area contributed by atoms with E-state index in [-0.39, 0.29) is 18.7 Å². The fourth-order valence-corrected chi connectivity index (χ4v) is 1.85. The molecule has 1 aromatic rings. The van der Waals surface area contributed by atoms with Crippen molar-refractivity contribution >= 4 is 11.9 Å². The first kappa shape index (κ1) is 17.2. The monoisotopic (exact) mass is 293 g/mol. The average Bonchev–Trinajstić information content (AvgIpc) is 2.42. The molecule has 1 aromatic carbocycles. The zero-order chi connectivity index (χ0) is 15.7. The van der Waals surface area contributed by atoms with Crippen molar-refractivity contribution in [3.05, 3.63) is 35.9 Å². The summed E-state index contributed by atoms with van der Waals surface area (Å²) in [7, 11) is 0.